The van der Waals surface area contributed by atoms with E-state index in [9.17, 15) is 9.00 Å². The third kappa shape index (κ3) is 2.81. The number of carbonyl (C=O) groups is 1. The molecule has 98 valence electrons. The summed E-state index contributed by atoms with van der Waals surface area (Å²) in [6.07, 6.45) is 3.47. The molecule has 2 saturated heterocycles. The largest absolute Gasteiger partial charge is 0.325 e. The number of amides is 2. The summed E-state index contributed by atoms with van der Waals surface area (Å²) in [6, 6.07) is 0.145. The zero-order valence-corrected chi connectivity index (χ0v) is 11.6. The van der Waals surface area contributed by atoms with Crippen LogP contribution in [0.5, 0.6) is 0 Å². The standard InChI is InChI=1S/C12H22N2O2S/c1-12(2)10-17(16)9-8-14(12)11(15)13-6-4-3-5-7-13/h3-10H2,1-2H3. The molecule has 1 atom stereocenters. The van der Waals surface area contributed by atoms with Crippen LogP contribution in [-0.4, -0.2) is 56.7 Å². The Balaban J connectivity index is 2.05. The molecule has 0 radical (unpaired) electrons. The van der Waals surface area contributed by atoms with Gasteiger partial charge in [0, 0.05) is 41.9 Å². The van der Waals surface area contributed by atoms with Crippen LogP contribution in [0.25, 0.3) is 0 Å². The Bertz CT molecular complexity index is 324. The van der Waals surface area contributed by atoms with Crippen molar-refractivity contribution >= 4 is 16.8 Å². The molecule has 0 saturated carbocycles. The fraction of sp³-hybridized carbons (Fsp3) is 0.917. The molecule has 2 heterocycles. The maximum Gasteiger partial charge on any atom is 0.320 e. The van der Waals surface area contributed by atoms with Crippen LogP contribution in [0.4, 0.5) is 4.79 Å². The van der Waals surface area contributed by atoms with E-state index >= 15 is 0 Å². The van der Waals surface area contributed by atoms with Gasteiger partial charge in [-0.3, -0.25) is 4.21 Å². The second kappa shape index (κ2) is 4.96. The van der Waals surface area contributed by atoms with Crippen LogP contribution in [0, 0.1) is 0 Å². The normalized spacial score (nSPS) is 29.2. The van der Waals surface area contributed by atoms with Crippen molar-refractivity contribution < 1.29 is 9.00 Å². The van der Waals surface area contributed by atoms with Gasteiger partial charge in [0.25, 0.3) is 0 Å². The smallest absolute Gasteiger partial charge is 0.320 e. The van der Waals surface area contributed by atoms with E-state index in [1.165, 1.54) is 6.42 Å². The Labute approximate surface area is 106 Å². The Morgan fingerprint density at radius 2 is 1.76 bits per heavy atom. The van der Waals surface area contributed by atoms with Gasteiger partial charge in [-0.25, -0.2) is 4.79 Å². The Morgan fingerprint density at radius 1 is 1.12 bits per heavy atom. The molecule has 2 aliphatic rings. The lowest BCUT2D eigenvalue weighted by molar-refractivity contribution is 0.105. The number of hydrogen-bond donors (Lipinski definition) is 0. The number of hydrogen-bond acceptors (Lipinski definition) is 2. The SMILES string of the molecule is CC1(C)CS(=O)CCN1C(=O)N1CCCCC1. The highest BCUT2D eigenvalue weighted by Crippen LogP contribution is 2.23. The highest BCUT2D eigenvalue weighted by atomic mass is 32.2. The second-order valence-electron chi connectivity index (χ2n) is 5.58. The average molecular weight is 258 g/mol. The molecular weight excluding hydrogens is 236 g/mol. The van der Waals surface area contributed by atoms with Gasteiger partial charge < -0.3 is 9.80 Å². The summed E-state index contributed by atoms with van der Waals surface area (Å²) in [6.45, 7) is 6.44. The van der Waals surface area contributed by atoms with Crippen molar-refractivity contribution in [1.29, 1.82) is 0 Å². The third-order valence-electron chi connectivity index (χ3n) is 3.64. The first kappa shape index (κ1) is 12.9. The van der Waals surface area contributed by atoms with Gasteiger partial charge in [0.05, 0.1) is 5.54 Å². The first-order valence-corrected chi connectivity index (χ1v) is 7.91. The lowest BCUT2D eigenvalue weighted by atomic mass is 10.1. The van der Waals surface area contributed by atoms with Crippen molar-refractivity contribution in [3.05, 3.63) is 0 Å². The Morgan fingerprint density at radius 3 is 2.35 bits per heavy atom. The Kier molecular flexibility index (Phi) is 3.76. The summed E-state index contributed by atoms with van der Waals surface area (Å²) in [5, 5.41) is 0. The molecule has 4 nitrogen and oxygen atoms in total. The lowest BCUT2D eigenvalue weighted by Gasteiger charge is -2.44. The first-order valence-electron chi connectivity index (χ1n) is 6.42. The molecule has 2 fully saturated rings. The average Bonchev–Trinajstić information content (AvgIpc) is 2.28. The summed E-state index contributed by atoms with van der Waals surface area (Å²) in [5.74, 6) is 1.23. The summed E-state index contributed by atoms with van der Waals surface area (Å²) >= 11 is 0. The van der Waals surface area contributed by atoms with Gasteiger partial charge in [-0.2, -0.15) is 0 Å². The predicted molar refractivity (Wildman–Crippen MR) is 69.5 cm³/mol. The third-order valence-corrected chi connectivity index (χ3v) is 5.31. The van der Waals surface area contributed by atoms with Crippen LogP contribution in [0.1, 0.15) is 33.1 Å². The van der Waals surface area contributed by atoms with Gasteiger partial charge in [-0.15, -0.1) is 0 Å². The highest BCUT2D eigenvalue weighted by molar-refractivity contribution is 7.85. The van der Waals surface area contributed by atoms with Crippen molar-refractivity contribution in [3.8, 4) is 0 Å². The molecule has 2 rings (SSSR count). The molecule has 0 aromatic carbocycles. The Hall–Kier alpha value is -0.580. The fourth-order valence-corrected chi connectivity index (χ4v) is 4.12. The number of piperidine rings is 1. The van der Waals surface area contributed by atoms with Gasteiger partial charge >= 0.3 is 6.03 Å². The zero-order chi connectivity index (χ0) is 12.5. The van der Waals surface area contributed by atoms with Crippen LogP contribution in [0.3, 0.4) is 0 Å². The van der Waals surface area contributed by atoms with E-state index < -0.39 is 10.8 Å². The van der Waals surface area contributed by atoms with Crippen LogP contribution in [-0.2, 0) is 10.8 Å². The van der Waals surface area contributed by atoms with Gasteiger partial charge in [0.15, 0.2) is 0 Å². The lowest BCUT2D eigenvalue weighted by Crippen LogP contribution is -2.60. The topological polar surface area (TPSA) is 40.6 Å². The van der Waals surface area contributed by atoms with Crippen LogP contribution in [0.2, 0.25) is 0 Å². The van der Waals surface area contributed by atoms with E-state index in [2.05, 4.69) is 0 Å². The van der Waals surface area contributed by atoms with E-state index in [1.807, 2.05) is 23.6 Å². The molecule has 0 N–H and O–H groups in total. The van der Waals surface area contributed by atoms with E-state index in [4.69, 9.17) is 0 Å². The van der Waals surface area contributed by atoms with E-state index in [-0.39, 0.29) is 11.6 Å². The van der Waals surface area contributed by atoms with E-state index in [0.29, 0.717) is 18.1 Å². The number of likely N-dealkylation sites (tertiary alicyclic amines) is 1. The minimum atomic E-state index is -0.764. The minimum absolute atomic E-state index is 0.145. The highest BCUT2D eigenvalue weighted by Gasteiger charge is 2.38. The van der Waals surface area contributed by atoms with E-state index in [0.717, 1.165) is 25.9 Å². The summed E-state index contributed by atoms with van der Waals surface area (Å²) in [5.41, 5.74) is -0.266. The number of nitrogens with zero attached hydrogens (tertiary/aromatic N) is 2. The van der Waals surface area contributed by atoms with Crippen LogP contribution >= 0.6 is 0 Å². The molecule has 0 aromatic heterocycles. The molecule has 0 spiro atoms. The monoisotopic (exact) mass is 258 g/mol. The zero-order valence-electron chi connectivity index (χ0n) is 10.8. The molecule has 0 aliphatic carbocycles. The quantitative estimate of drug-likeness (QED) is 0.659. The molecule has 5 heteroatoms. The predicted octanol–water partition coefficient (Wildman–Crippen LogP) is 1.44. The first-order chi connectivity index (χ1) is 8.00. The maximum absolute atomic E-state index is 12.4. The molecular formula is C12H22N2O2S. The van der Waals surface area contributed by atoms with Crippen molar-refractivity contribution in [2.75, 3.05) is 31.1 Å². The number of rotatable bonds is 0. The molecule has 2 aliphatic heterocycles. The van der Waals surface area contributed by atoms with Crippen molar-refractivity contribution in [2.24, 2.45) is 0 Å². The van der Waals surface area contributed by atoms with Crippen molar-refractivity contribution in [3.63, 3.8) is 0 Å². The summed E-state index contributed by atoms with van der Waals surface area (Å²) in [7, 11) is -0.764. The molecule has 0 bridgehead atoms. The van der Waals surface area contributed by atoms with Gasteiger partial charge in [-0.1, -0.05) is 0 Å². The van der Waals surface area contributed by atoms with Gasteiger partial charge in [0.2, 0.25) is 0 Å². The van der Waals surface area contributed by atoms with Gasteiger partial charge in [0.1, 0.15) is 0 Å². The van der Waals surface area contributed by atoms with E-state index in [1.54, 1.807) is 0 Å². The molecule has 0 aromatic rings. The van der Waals surface area contributed by atoms with Gasteiger partial charge in [-0.05, 0) is 33.1 Å². The van der Waals surface area contributed by atoms with Crippen molar-refractivity contribution in [2.45, 2.75) is 38.6 Å². The summed E-state index contributed by atoms with van der Waals surface area (Å²) in [4.78, 5) is 16.3. The molecule has 1 unspecified atom stereocenters. The maximum atomic E-state index is 12.4. The summed E-state index contributed by atoms with van der Waals surface area (Å²) < 4.78 is 11.6. The van der Waals surface area contributed by atoms with Crippen LogP contribution in [0.15, 0.2) is 0 Å². The van der Waals surface area contributed by atoms with Crippen LogP contribution < -0.4 is 0 Å². The molecule has 17 heavy (non-hydrogen) atoms. The molecule has 2 amide bonds. The number of urea groups is 1. The van der Waals surface area contributed by atoms with Crippen molar-refractivity contribution in [1.82, 2.24) is 9.80 Å². The number of carbonyl (C=O) groups excluding carboxylic acids is 1. The fourth-order valence-electron chi connectivity index (χ4n) is 2.65. The minimum Gasteiger partial charge on any atom is -0.325 e. The second-order valence-corrected chi connectivity index (χ2v) is 7.16.